The van der Waals surface area contributed by atoms with E-state index in [1.807, 2.05) is 0 Å². The molecule has 1 aliphatic heterocycles. The van der Waals surface area contributed by atoms with E-state index in [-0.39, 0.29) is 17.4 Å². The fourth-order valence-corrected chi connectivity index (χ4v) is 2.46. The van der Waals surface area contributed by atoms with Gasteiger partial charge in [0.05, 0.1) is 12.4 Å². The third-order valence-electron chi connectivity index (χ3n) is 3.49. The molecule has 3 heterocycles. The maximum Gasteiger partial charge on any atom is 0.224 e. The molecule has 0 amide bonds. The van der Waals surface area contributed by atoms with Crippen molar-refractivity contribution in [3.63, 3.8) is 0 Å². The predicted octanol–water partition coefficient (Wildman–Crippen LogP) is -2.01. The molecular formula is C11H16N6O4. The third kappa shape index (κ3) is 2.08. The molecule has 1 saturated heterocycles. The molecule has 114 valence electrons. The summed E-state index contributed by atoms with van der Waals surface area (Å²) in [5, 5.41) is 29.6. The molecule has 0 aromatic carbocycles. The molecule has 0 unspecified atom stereocenters. The van der Waals surface area contributed by atoms with Gasteiger partial charge in [0, 0.05) is 0 Å². The quantitative estimate of drug-likeness (QED) is 0.421. The number of imidazole rings is 1. The van der Waals surface area contributed by atoms with Crippen LogP contribution in [0.15, 0.2) is 6.33 Å². The Hall–Kier alpha value is -2.01. The number of aliphatic hydroxyl groups is 3. The molecule has 2 aromatic heterocycles. The van der Waals surface area contributed by atoms with Gasteiger partial charge in [-0.05, 0) is 6.92 Å². The molecule has 0 bridgehead atoms. The van der Waals surface area contributed by atoms with Crippen molar-refractivity contribution in [1.29, 1.82) is 0 Å². The van der Waals surface area contributed by atoms with Gasteiger partial charge in [0.15, 0.2) is 17.7 Å². The van der Waals surface area contributed by atoms with E-state index in [1.54, 1.807) is 0 Å². The summed E-state index contributed by atoms with van der Waals surface area (Å²) in [7, 11) is 0. The average Bonchev–Trinajstić information content (AvgIpc) is 2.93. The Morgan fingerprint density at radius 2 is 2.00 bits per heavy atom. The molecule has 21 heavy (non-hydrogen) atoms. The van der Waals surface area contributed by atoms with Crippen LogP contribution in [0.25, 0.3) is 11.2 Å². The lowest BCUT2D eigenvalue weighted by Crippen LogP contribution is -2.37. The maximum absolute atomic E-state index is 10.1. The van der Waals surface area contributed by atoms with Gasteiger partial charge in [0.1, 0.15) is 23.8 Å². The standard InChI is InChI=1S/C11H16N6O4/c1-3(18)7-5(19)6(20)10(21-7)17-2-14-4-8(12)15-11(13)16-9(4)17/h2-3,5-7,10,18-20H,1H3,(H4,12,13,15,16)/t3-,5-,6+,7+,10+/m0/s1. The normalized spacial score (nSPS) is 30.9. The zero-order valence-electron chi connectivity index (χ0n) is 11.2. The van der Waals surface area contributed by atoms with Crippen LogP contribution in [0.2, 0.25) is 0 Å². The second kappa shape index (κ2) is 4.77. The highest BCUT2D eigenvalue weighted by atomic mass is 16.6. The molecule has 0 radical (unpaired) electrons. The smallest absolute Gasteiger partial charge is 0.224 e. The fraction of sp³-hybridized carbons (Fsp3) is 0.545. The number of nitrogen functional groups attached to an aromatic ring is 2. The van der Waals surface area contributed by atoms with Crippen molar-refractivity contribution in [1.82, 2.24) is 19.5 Å². The van der Waals surface area contributed by atoms with Gasteiger partial charge in [-0.15, -0.1) is 0 Å². The number of hydrogen-bond donors (Lipinski definition) is 5. The predicted molar refractivity (Wildman–Crippen MR) is 71.8 cm³/mol. The van der Waals surface area contributed by atoms with E-state index in [4.69, 9.17) is 16.2 Å². The molecule has 5 atom stereocenters. The van der Waals surface area contributed by atoms with Crippen molar-refractivity contribution < 1.29 is 20.1 Å². The number of aliphatic hydroxyl groups excluding tert-OH is 3. The first kappa shape index (κ1) is 13.9. The summed E-state index contributed by atoms with van der Waals surface area (Å²) < 4.78 is 6.91. The van der Waals surface area contributed by atoms with Crippen molar-refractivity contribution >= 4 is 22.9 Å². The zero-order valence-corrected chi connectivity index (χ0v) is 11.2. The largest absolute Gasteiger partial charge is 0.391 e. The van der Waals surface area contributed by atoms with E-state index in [2.05, 4.69) is 15.0 Å². The summed E-state index contributed by atoms with van der Waals surface area (Å²) in [6.45, 7) is 1.47. The number of anilines is 2. The number of rotatable bonds is 2. The fourth-order valence-electron chi connectivity index (χ4n) is 2.46. The minimum atomic E-state index is -1.25. The molecule has 3 rings (SSSR count). The first-order chi connectivity index (χ1) is 9.90. The van der Waals surface area contributed by atoms with Crippen LogP contribution in [-0.2, 0) is 4.74 Å². The van der Waals surface area contributed by atoms with Crippen molar-refractivity contribution in [2.45, 2.75) is 37.6 Å². The van der Waals surface area contributed by atoms with E-state index in [0.717, 1.165) is 0 Å². The molecule has 10 nitrogen and oxygen atoms in total. The second-order valence-corrected chi connectivity index (χ2v) is 5.00. The van der Waals surface area contributed by atoms with Gasteiger partial charge in [0.25, 0.3) is 0 Å². The lowest BCUT2D eigenvalue weighted by molar-refractivity contribution is -0.0777. The summed E-state index contributed by atoms with van der Waals surface area (Å²) in [5.41, 5.74) is 11.9. The Morgan fingerprint density at radius 1 is 1.29 bits per heavy atom. The van der Waals surface area contributed by atoms with Crippen molar-refractivity contribution in [3.05, 3.63) is 6.33 Å². The highest BCUT2D eigenvalue weighted by Gasteiger charge is 2.46. The highest BCUT2D eigenvalue weighted by molar-refractivity contribution is 5.82. The van der Waals surface area contributed by atoms with Crippen LogP contribution in [0, 0.1) is 0 Å². The van der Waals surface area contributed by atoms with Gasteiger partial charge >= 0.3 is 0 Å². The van der Waals surface area contributed by atoms with Crippen LogP contribution >= 0.6 is 0 Å². The number of nitrogens with zero attached hydrogens (tertiary/aromatic N) is 4. The Labute approximate surface area is 119 Å². The van der Waals surface area contributed by atoms with Crippen LogP contribution in [-0.4, -0.2) is 59.3 Å². The molecule has 1 aliphatic rings. The SMILES string of the molecule is C[C@H](O)[C@H]1O[C@@H](n2cnc3c(N)nc(N)nc32)[C@H](O)[C@@H]1O. The maximum atomic E-state index is 10.1. The minimum Gasteiger partial charge on any atom is -0.391 e. The van der Waals surface area contributed by atoms with Crippen LogP contribution in [0.5, 0.6) is 0 Å². The summed E-state index contributed by atoms with van der Waals surface area (Å²) >= 11 is 0. The van der Waals surface area contributed by atoms with Crippen molar-refractivity contribution in [2.24, 2.45) is 0 Å². The molecule has 0 spiro atoms. The van der Waals surface area contributed by atoms with Gasteiger partial charge in [-0.3, -0.25) is 4.57 Å². The number of fused-ring (bicyclic) bond motifs is 1. The van der Waals surface area contributed by atoms with Gasteiger partial charge in [-0.25, -0.2) is 4.98 Å². The first-order valence-corrected chi connectivity index (χ1v) is 6.35. The molecule has 0 aliphatic carbocycles. The molecular weight excluding hydrogens is 280 g/mol. The molecule has 1 fully saturated rings. The van der Waals surface area contributed by atoms with E-state index in [1.165, 1.54) is 17.8 Å². The van der Waals surface area contributed by atoms with E-state index >= 15 is 0 Å². The minimum absolute atomic E-state index is 0.0399. The molecule has 0 saturated carbocycles. The van der Waals surface area contributed by atoms with Gasteiger partial charge < -0.3 is 31.5 Å². The van der Waals surface area contributed by atoms with Gasteiger partial charge in [-0.2, -0.15) is 9.97 Å². The number of ether oxygens (including phenoxy) is 1. The van der Waals surface area contributed by atoms with E-state index in [9.17, 15) is 15.3 Å². The summed E-state index contributed by atoms with van der Waals surface area (Å²) in [4.78, 5) is 11.9. The van der Waals surface area contributed by atoms with E-state index in [0.29, 0.717) is 5.52 Å². The number of hydrogen-bond acceptors (Lipinski definition) is 9. The topological polar surface area (TPSA) is 166 Å². The highest BCUT2D eigenvalue weighted by Crippen LogP contribution is 2.33. The molecule has 10 heteroatoms. The summed E-state index contributed by atoms with van der Waals surface area (Å²) in [6.07, 6.45) is -3.94. The lowest BCUT2D eigenvalue weighted by Gasteiger charge is -2.17. The first-order valence-electron chi connectivity index (χ1n) is 6.35. The molecule has 7 N–H and O–H groups in total. The number of aromatic nitrogens is 4. The van der Waals surface area contributed by atoms with Crippen LogP contribution in [0.3, 0.4) is 0 Å². The Bertz CT molecular complexity index is 674. The third-order valence-corrected chi connectivity index (χ3v) is 3.49. The van der Waals surface area contributed by atoms with Gasteiger partial charge in [-0.1, -0.05) is 0 Å². The van der Waals surface area contributed by atoms with Crippen LogP contribution in [0.4, 0.5) is 11.8 Å². The summed E-state index contributed by atoms with van der Waals surface area (Å²) in [5.74, 6) is 0.0678. The lowest BCUT2D eigenvalue weighted by atomic mass is 10.1. The van der Waals surface area contributed by atoms with E-state index < -0.39 is 30.6 Å². The molecule has 2 aromatic rings. The summed E-state index contributed by atoms with van der Waals surface area (Å²) in [6, 6.07) is 0. The average molecular weight is 296 g/mol. The zero-order chi connectivity index (χ0) is 15.3. The number of nitrogens with two attached hydrogens (primary N) is 2. The Morgan fingerprint density at radius 3 is 2.62 bits per heavy atom. The van der Waals surface area contributed by atoms with Crippen LogP contribution in [0.1, 0.15) is 13.2 Å². The van der Waals surface area contributed by atoms with Gasteiger partial charge in [0.2, 0.25) is 5.95 Å². The van der Waals surface area contributed by atoms with Crippen molar-refractivity contribution in [3.8, 4) is 0 Å². The Kier molecular flexibility index (Phi) is 3.17. The second-order valence-electron chi connectivity index (χ2n) is 5.00. The monoisotopic (exact) mass is 296 g/mol. The Balaban J connectivity index is 2.05. The van der Waals surface area contributed by atoms with Crippen LogP contribution < -0.4 is 11.5 Å². The van der Waals surface area contributed by atoms with Crippen molar-refractivity contribution in [2.75, 3.05) is 11.5 Å².